The number of para-hydroxylation sites is 1. The highest BCUT2D eigenvalue weighted by Gasteiger charge is 2.04. The van der Waals surface area contributed by atoms with Crippen molar-refractivity contribution >= 4 is 22.5 Å². The second kappa shape index (κ2) is 5.37. The van der Waals surface area contributed by atoms with Gasteiger partial charge in [0.1, 0.15) is 0 Å². The molecule has 86 valence electrons. The molecule has 2 nitrogen and oxygen atoms in total. The third-order valence-corrected chi connectivity index (χ3v) is 3.12. The van der Waals surface area contributed by atoms with Gasteiger partial charge in [0.15, 0.2) is 0 Å². The van der Waals surface area contributed by atoms with Crippen molar-refractivity contribution in [3.63, 3.8) is 0 Å². The predicted molar refractivity (Wildman–Crippen MR) is 70.1 cm³/mol. The average molecular weight is 237 g/mol. The van der Waals surface area contributed by atoms with Gasteiger partial charge in [-0.05, 0) is 32.5 Å². The van der Waals surface area contributed by atoms with E-state index in [0.717, 1.165) is 23.5 Å². The van der Waals surface area contributed by atoms with Crippen LogP contribution in [-0.4, -0.2) is 18.2 Å². The average Bonchev–Trinajstić information content (AvgIpc) is 2.63. The molecule has 1 N–H and O–H groups in total. The minimum absolute atomic E-state index is 0.851. The highest BCUT2D eigenvalue weighted by molar-refractivity contribution is 6.35. The summed E-state index contributed by atoms with van der Waals surface area (Å²) >= 11 is 6.18. The van der Waals surface area contributed by atoms with Crippen LogP contribution in [0.1, 0.15) is 12.8 Å². The Hall–Kier alpha value is -0.990. The fourth-order valence-electron chi connectivity index (χ4n) is 1.97. The molecule has 0 bridgehead atoms. The first-order valence-electron chi connectivity index (χ1n) is 5.71. The zero-order valence-electron chi connectivity index (χ0n) is 9.54. The molecule has 0 fully saturated rings. The molecule has 1 heterocycles. The van der Waals surface area contributed by atoms with Crippen molar-refractivity contribution in [1.82, 2.24) is 9.88 Å². The van der Waals surface area contributed by atoms with E-state index in [1.54, 1.807) is 0 Å². The summed E-state index contributed by atoms with van der Waals surface area (Å²) in [6, 6.07) is 8.28. The van der Waals surface area contributed by atoms with Gasteiger partial charge >= 0.3 is 0 Å². The summed E-state index contributed by atoms with van der Waals surface area (Å²) < 4.78 is 2.24. The van der Waals surface area contributed by atoms with Gasteiger partial charge in [-0.25, -0.2) is 0 Å². The Morgan fingerprint density at radius 1 is 1.25 bits per heavy atom. The Morgan fingerprint density at radius 2 is 2.06 bits per heavy atom. The van der Waals surface area contributed by atoms with E-state index in [2.05, 4.69) is 28.1 Å². The van der Waals surface area contributed by atoms with Crippen LogP contribution in [-0.2, 0) is 6.54 Å². The number of nitrogens with one attached hydrogen (secondary N) is 1. The lowest BCUT2D eigenvalue weighted by molar-refractivity contribution is 0.603. The topological polar surface area (TPSA) is 17.0 Å². The molecule has 0 saturated heterocycles. The smallest absolute Gasteiger partial charge is 0.0661 e. The van der Waals surface area contributed by atoms with Crippen molar-refractivity contribution in [3.8, 4) is 0 Å². The second-order valence-corrected chi connectivity index (χ2v) is 4.41. The van der Waals surface area contributed by atoms with Crippen LogP contribution in [0.15, 0.2) is 30.5 Å². The van der Waals surface area contributed by atoms with Gasteiger partial charge in [0, 0.05) is 23.6 Å². The Kier molecular flexibility index (Phi) is 3.86. The first-order chi connectivity index (χ1) is 7.83. The Labute approximate surface area is 101 Å². The van der Waals surface area contributed by atoms with Crippen molar-refractivity contribution < 1.29 is 0 Å². The van der Waals surface area contributed by atoms with Crippen LogP contribution in [0.5, 0.6) is 0 Å². The minimum Gasteiger partial charge on any atom is -0.346 e. The molecule has 0 spiro atoms. The molecule has 1 aromatic heterocycles. The van der Waals surface area contributed by atoms with Crippen LogP contribution >= 0.6 is 11.6 Å². The number of hydrogen-bond acceptors (Lipinski definition) is 1. The summed E-state index contributed by atoms with van der Waals surface area (Å²) in [5.74, 6) is 0. The highest BCUT2D eigenvalue weighted by atomic mass is 35.5. The lowest BCUT2D eigenvalue weighted by atomic mass is 10.2. The van der Waals surface area contributed by atoms with E-state index in [9.17, 15) is 0 Å². The molecule has 2 rings (SSSR count). The van der Waals surface area contributed by atoms with Crippen molar-refractivity contribution in [2.24, 2.45) is 0 Å². The van der Waals surface area contributed by atoms with E-state index in [1.165, 1.54) is 18.4 Å². The van der Waals surface area contributed by atoms with Crippen molar-refractivity contribution in [3.05, 3.63) is 35.5 Å². The standard InChI is InChI=1S/C13H17ClN2/c1-15-8-4-5-9-16-10-12(14)11-6-2-3-7-13(11)16/h2-3,6-7,10,15H,4-5,8-9H2,1H3. The maximum absolute atomic E-state index is 6.18. The molecule has 0 aliphatic heterocycles. The maximum atomic E-state index is 6.18. The lowest BCUT2D eigenvalue weighted by Gasteiger charge is -2.04. The van der Waals surface area contributed by atoms with Crippen molar-refractivity contribution in [1.29, 1.82) is 0 Å². The number of hydrogen-bond donors (Lipinski definition) is 1. The summed E-state index contributed by atoms with van der Waals surface area (Å²) in [6.45, 7) is 2.11. The number of aromatic nitrogens is 1. The monoisotopic (exact) mass is 236 g/mol. The molecule has 0 atom stereocenters. The number of benzene rings is 1. The van der Waals surface area contributed by atoms with Crippen LogP contribution in [0.25, 0.3) is 10.9 Å². The molecule has 0 unspecified atom stereocenters. The molecule has 0 radical (unpaired) electrons. The number of rotatable bonds is 5. The molecular formula is C13H17ClN2. The molecular weight excluding hydrogens is 220 g/mol. The van der Waals surface area contributed by atoms with Crippen LogP contribution in [0.4, 0.5) is 0 Å². The van der Waals surface area contributed by atoms with Gasteiger partial charge in [0.25, 0.3) is 0 Å². The van der Waals surface area contributed by atoms with Gasteiger partial charge < -0.3 is 9.88 Å². The fraction of sp³-hybridized carbons (Fsp3) is 0.385. The molecule has 0 aliphatic rings. The van der Waals surface area contributed by atoms with E-state index < -0.39 is 0 Å². The zero-order chi connectivity index (χ0) is 11.4. The SMILES string of the molecule is CNCCCCn1cc(Cl)c2ccccc21. The van der Waals surface area contributed by atoms with Crippen LogP contribution < -0.4 is 5.32 Å². The van der Waals surface area contributed by atoms with Crippen LogP contribution in [0.3, 0.4) is 0 Å². The summed E-state index contributed by atoms with van der Waals surface area (Å²) in [4.78, 5) is 0. The number of unbranched alkanes of at least 4 members (excludes halogenated alkanes) is 1. The van der Waals surface area contributed by atoms with Crippen molar-refractivity contribution in [2.45, 2.75) is 19.4 Å². The summed E-state index contributed by atoms with van der Waals surface area (Å²) in [6.07, 6.45) is 4.40. The lowest BCUT2D eigenvalue weighted by Crippen LogP contribution is -2.08. The Bertz CT molecular complexity index is 462. The maximum Gasteiger partial charge on any atom is 0.0661 e. The van der Waals surface area contributed by atoms with Gasteiger partial charge in [0.2, 0.25) is 0 Å². The van der Waals surface area contributed by atoms with E-state index in [1.807, 2.05) is 19.3 Å². The largest absolute Gasteiger partial charge is 0.346 e. The zero-order valence-corrected chi connectivity index (χ0v) is 10.3. The van der Waals surface area contributed by atoms with Crippen molar-refractivity contribution in [2.75, 3.05) is 13.6 Å². The van der Waals surface area contributed by atoms with Gasteiger partial charge in [0.05, 0.1) is 5.02 Å². The number of fused-ring (bicyclic) bond motifs is 1. The molecule has 0 saturated carbocycles. The molecule has 0 amide bonds. The Balaban J connectivity index is 2.12. The molecule has 0 aliphatic carbocycles. The number of nitrogens with zero attached hydrogens (tertiary/aromatic N) is 1. The van der Waals surface area contributed by atoms with Crippen LogP contribution in [0, 0.1) is 0 Å². The molecule has 2 aromatic rings. The first-order valence-corrected chi connectivity index (χ1v) is 6.08. The van der Waals surface area contributed by atoms with E-state index in [-0.39, 0.29) is 0 Å². The third kappa shape index (κ3) is 2.39. The second-order valence-electron chi connectivity index (χ2n) is 4.00. The summed E-state index contributed by atoms with van der Waals surface area (Å²) in [7, 11) is 1.99. The highest BCUT2D eigenvalue weighted by Crippen LogP contribution is 2.25. The van der Waals surface area contributed by atoms with E-state index in [4.69, 9.17) is 11.6 Å². The molecule has 1 aromatic carbocycles. The molecule has 3 heteroatoms. The Morgan fingerprint density at radius 3 is 2.88 bits per heavy atom. The van der Waals surface area contributed by atoms with Gasteiger partial charge in [-0.15, -0.1) is 0 Å². The van der Waals surface area contributed by atoms with E-state index in [0.29, 0.717) is 0 Å². The number of halogens is 1. The predicted octanol–water partition coefficient (Wildman–Crippen LogP) is 3.29. The van der Waals surface area contributed by atoms with Gasteiger partial charge in [-0.1, -0.05) is 29.8 Å². The van der Waals surface area contributed by atoms with Gasteiger partial charge in [-0.3, -0.25) is 0 Å². The van der Waals surface area contributed by atoms with E-state index >= 15 is 0 Å². The third-order valence-electron chi connectivity index (χ3n) is 2.82. The number of aryl methyl sites for hydroxylation is 1. The normalized spacial score (nSPS) is 11.1. The fourth-order valence-corrected chi connectivity index (χ4v) is 2.25. The quantitative estimate of drug-likeness (QED) is 0.789. The molecule has 16 heavy (non-hydrogen) atoms. The summed E-state index contributed by atoms with van der Waals surface area (Å²) in [5.41, 5.74) is 1.23. The summed E-state index contributed by atoms with van der Waals surface area (Å²) in [5, 5.41) is 5.16. The van der Waals surface area contributed by atoms with Crippen LogP contribution in [0.2, 0.25) is 5.02 Å². The first kappa shape index (κ1) is 11.5. The van der Waals surface area contributed by atoms with Gasteiger partial charge in [-0.2, -0.15) is 0 Å². The minimum atomic E-state index is 0.851.